The number of carboxylic acid groups (broad SMARTS) is 1. The molecule has 0 aliphatic heterocycles. The Hall–Kier alpha value is -0.420. The molecule has 1 rings (SSSR count). The summed E-state index contributed by atoms with van der Waals surface area (Å²) in [6.45, 7) is 0. The molecule has 0 aromatic carbocycles. The highest BCUT2D eigenvalue weighted by Gasteiger charge is 2.06. The molecule has 12 heavy (non-hydrogen) atoms. The normalized spacial score (nSPS) is 9.83. The van der Waals surface area contributed by atoms with Gasteiger partial charge < -0.3 is 5.11 Å². The summed E-state index contributed by atoms with van der Waals surface area (Å²) < 4.78 is 1.36. The lowest BCUT2D eigenvalue weighted by atomic mass is 10.2. The van der Waals surface area contributed by atoms with Crippen LogP contribution in [0.3, 0.4) is 0 Å². The van der Waals surface area contributed by atoms with Crippen LogP contribution in [0.4, 0.5) is 0 Å². The van der Waals surface area contributed by atoms with Crippen LogP contribution < -0.4 is 0 Å². The van der Waals surface area contributed by atoms with Gasteiger partial charge in [-0.15, -0.1) is 0 Å². The van der Waals surface area contributed by atoms with Gasteiger partial charge in [-0.05, 0) is 43.5 Å². The lowest BCUT2D eigenvalue weighted by Gasteiger charge is -1.99. The van der Waals surface area contributed by atoms with Gasteiger partial charge >= 0.3 is 5.97 Å². The van der Waals surface area contributed by atoms with Gasteiger partial charge in [0.2, 0.25) is 0 Å². The van der Waals surface area contributed by atoms with Crippen LogP contribution in [0.2, 0.25) is 0 Å². The smallest absolute Gasteiger partial charge is 0.307 e. The molecule has 3 nitrogen and oxygen atoms in total. The summed E-state index contributed by atoms with van der Waals surface area (Å²) in [5.74, 6) is -0.865. The van der Waals surface area contributed by atoms with Crippen molar-refractivity contribution in [3.05, 3.63) is 26.9 Å². The number of carboxylic acids is 1. The van der Waals surface area contributed by atoms with Crippen LogP contribution in [0.15, 0.2) is 21.3 Å². The number of carbonyl (C=O) groups is 1. The Kier molecular flexibility index (Phi) is 3.22. The highest BCUT2D eigenvalue weighted by Crippen LogP contribution is 2.18. The summed E-state index contributed by atoms with van der Waals surface area (Å²) in [5, 5.41) is 8.52. The monoisotopic (exact) mass is 293 g/mol. The first kappa shape index (κ1) is 9.67. The lowest BCUT2D eigenvalue weighted by Crippen LogP contribution is -2.01. The van der Waals surface area contributed by atoms with Crippen LogP contribution in [0.5, 0.6) is 0 Å². The molecule has 0 radical (unpaired) electrons. The molecule has 0 bridgehead atoms. The Labute approximate surface area is 86.1 Å². The van der Waals surface area contributed by atoms with Crippen LogP contribution in [0.25, 0.3) is 0 Å². The van der Waals surface area contributed by atoms with Crippen molar-refractivity contribution in [3.8, 4) is 0 Å². The number of aromatic nitrogens is 1. The zero-order chi connectivity index (χ0) is 9.14. The van der Waals surface area contributed by atoms with Crippen LogP contribution in [-0.2, 0) is 11.2 Å². The van der Waals surface area contributed by atoms with E-state index in [-0.39, 0.29) is 6.42 Å². The first-order chi connectivity index (χ1) is 5.59. The summed E-state index contributed by atoms with van der Waals surface area (Å²) >= 11 is 6.37. The largest absolute Gasteiger partial charge is 0.481 e. The molecule has 0 aliphatic rings. The minimum absolute atomic E-state index is 0.0208. The Morgan fingerprint density at radius 2 is 2.25 bits per heavy atom. The topological polar surface area (TPSA) is 50.2 Å². The van der Waals surface area contributed by atoms with Gasteiger partial charge in [0.05, 0.1) is 6.42 Å². The fourth-order valence-corrected chi connectivity index (χ4v) is 1.49. The zero-order valence-corrected chi connectivity index (χ0v) is 9.09. The quantitative estimate of drug-likeness (QED) is 0.851. The second-order valence-electron chi connectivity index (χ2n) is 2.17. The summed E-state index contributed by atoms with van der Waals surface area (Å²) in [7, 11) is 0. The second-order valence-corrected chi connectivity index (χ2v) is 3.84. The first-order valence-corrected chi connectivity index (χ1v) is 4.70. The number of rotatable bonds is 2. The maximum Gasteiger partial charge on any atom is 0.307 e. The first-order valence-electron chi connectivity index (χ1n) is 3.11. The lowest BCUT2D eigenvalue weighted by molar-refractivity contribution is -0.136. The van der Waals surface area contributed by atoms with Crippen molar-refractivity contribution in [2.75, 3.05) is 0 Å². The van der Waals surface area contributed by atoms with Crippen molar-refractivity contribution in [2.45, 2.75) is 6.42 Å². The molecule has 0 saturated heterocycles. The van der Waals surface area contributed by atoms with Crippen molar-refractivity contribution in [1.82, 2.24) is 4.98 Å². The van der Waals surface area contributed by atoms with Crippen molar-refractivity contribution in [1.29, 1.82) is 0 Å². The fraction of sp³-hybridized carbons (Fsp3) is 0.143. The third-order valence-corrected chi connectivity index (χ3v) is 2.37. The number of pyridine rings is 1. The zero-order valence-electron chi connectivity index (χ0n) is 5.92. The van der Waals surface area contributed by atoms with E-state index in [0.717, 1.165) is 4.47 Å². The van der Waals surface area contributed by atoms with E-state index in [9.17, 15) is 4.79 Å². The predicted octanol–water partition coefficient (Wildman–Crippen LogP) is 2.23. The van der Waals surface area contributed by atoms with E-state index in [1.165, 1.54) is 0 Å². The molecule has 1 heterocycles. The average molecular weight is 295 g/mol. The number of hydrogen-bond donors (Lipinski definition) is 1. The summed E-state index contributed by atoms with van der Waals surface area (Å²) in [4.78, 5) is 14.3. The van der Waals surface area contributed by atoms with Gasteiger partial charge in [0.1, 0.15) is 4.60 Å². The molecule has 0 aliphatic carbocycles. The van der Waals surface area contributed by atoms with E-state index in [4.69, 9.17) is 5.11 Å². The van der Waals surface area contributed by atoms with Crippen molar-refractivity contribution < 1.29 is 9.90 Å². The Balaban J connectivity index is 2.97. The average Bonchev–Trinajstić information content (AvgIpc) is 1.96. The third kappa shape index (κ3) is 2.57. The van der Waals surface area contributed by atoms with Crippen molar-refractivity contribution in [3.63, 3.8) is 0 Å². The van der Waals surface area contributed by atoms with Gasteiger partial charge in [0, 0.05) is 10.7 Å². The third-order valence-electron chi connectivity index (χ3n) is 1.22. The second kappa shape index (κ2) is 4.00. The van der Waals surface area contributed by atoms with E-state index >= 15 is 0 Å². The molecule has 0 atom stereocenters. The van der Waals surface area contributed by atoms with Gasteiger partial charge in [0.15, 0.2) is 0 Å². The molecule has 0 amide bonds. The van der Waals surface area contributed by atoms with E-state index in [1.807, 2.05) is 0 Å². The predicted molar refractivity (Wildman–Crippen MR) is 51.0 cm³/mol. The molecular weight excluding hydrogens is 290 g/mol. The molecule has 5 heteroatoms. The van der Waals surface area contributed by atoms with Gasteiger partial charge in [-0.1, -0.05) is 0 Å². The van der Waals surface area contributed by atoms with Crippen LogP contribution in [0.1, 0.15) is 5.56 Å². The SMILES string of the molecule is O=C(O)Cc1cc(Br)cnc1Br. The molecule has 0 saturated carbocycles. The summed E-state index contributed by atoms with van der Waals surface area (Å²) in [6, 6.07) is 1.73. The number of nitrogens with zero attached hydrogens (tertiary/aromatic N) is 1. The van der Waals surface area contributed by atoms with E-state index in [1.54, 1.807) is 12.3 Å². The minimum atomic E-state index is -0.865. The van der Waals surface area contributed by atoms with Gasteiger partial charge in [-0.3, -0.25) is 4.79 Å². The molecule has 1 aromatic heterocycles. The van der Waals surface area contributed by atoms with Crippen LogP contribution in [-0.4, -0.2) is 16.1 Å². The Morgan fingerprint density at radius 1 is 1.58 bits per heavy atom. The van der Waals surface area contributed by atoms with E-state index < -0.39 is 5.97 Å². The molecule has 1 aromatic rings. The maximum atomic E-state index is 10.4. The van der Waals surface area contributed by atoms with Crippen LogP contribution >= 0.6 is 31.9 Å². The van der Waals surface area contributed by atoms with Crippen LogP contribution in [0, 0.1) is 0 Å². The maximum absolute atomic E-state index is 10.4. The molecule has 0 spiro atoms. The molecular formula is C7H5Br2NO2. The number of hydrogen-bond acceptors (Lipinski definition) is 2. The molecule has 0 unspecified atom stereocenters. The highest BCUT2D eigenvalue weighted by atomic mass is 79.9. The summed E-state index contributed by atoms with van der Waals surface area (Å²) in [6.07, 6.45) is 1.59. The van der Waals surface area contributed by atoms with Gasteiger partial charge in [0.25, 0.3) is 0 Å². The number of aliphatic carboxylic acids is 1. The molecule has 0 fully saturated rings. The van der Waals surface area contributed by atoms with E-state index in [2.05, 4.69) is 36.8 Å². The Morgan fingerprint density at radius 3 is 2.83 bits per heavy atom. The van der Waals surface area contributed by atoms with Gasteiger partial charge in [-0.2, -0.15) is 0 Å². The summed E-state index contributed by atoms with van der Waals surface area (Å²) in [5.41, 5.74) is 0.664. The van der Waals surface area contributed by atoms with E-state index in [0.29, 0.717) is 10.2 Å². The fourth-order valence-electron chi connectivity index (χ4n) is 0.751. The van der Waals surface area contributed by atoms with Crippen molar-refractivity contribution in [2.24, 2.45) is 0 Å². The van der Waals surface area contributed by atoms with Crippen molar-refractivity contribution >= 4 is 37.8 Å². The minimum Gasteiger partial charge on any atom is -0.481 e. The highest BCUT2D eigenvalue weighted by molar-refractivity contribution is 9.11. The molecule has 1 N–H and O–H groups in total. The standard InChI is InChI=1S/C7H5Br2NO2/c8-5-1-4(2-6(11)12)7(9)10-3-5/h1,3H,2H2,(H,11,12). The number of halogens is 2. The molecule has 64 valence electrons. The van der Waals surface area contributed by atoms with Gasteiger partial charge in [-0.25, -0.2) is 4.98 Å². The Bertz CT molecular complexity index is 314.